The lowest BCUT2D eigenvalue weighted by atomic mass is 9.91. The van der Waals surface area contributed by atoms with Gasteiger partial charge in [0.2, 0.25) is 0 Å². The number of carbonyl (C=O) groups excluding carboxylic acids is 2. The molecule has 1 heterocycles. The van der Waals surface area contributed by atoms with Crippen molar-refractivity contribution < 1.29 is 24.2 Å². The molecule has 1 fully saturated rings. The Balaban J connectivity index is 2.00. The summed E-state index contributed by atoms with van der Waals surface area (Å²) in [5, 5.41) is 9.03. The first-order valence-corrected chi connectivity index (χ1v) is 6.15. The number of esters is 2. The number of ether oxygens (including phenoxy) is 2. The van der Waals surface area contributed by atoms with Crippen LogP contribution in [0.2, 0.25) is 0 Å². The molecule has 1 N–H and O–H groups in total. The second kappa shape index (κ2) is 5.84. The monoisotopic (exact) mass is 264 g/mol. The molecule has 5 heteroatoms. The van der Waals surface area contributed by atoms with Gasteiger partial charge in [0, 0.05) is 0 Å². The van der Waals surface area contributed by atoms with E-state index in [0.717, 1.165) is 5.56 Å². The van der Waals surface area contributed by atoms with Crippen molar-refractivity contribution in [2.45, 2.75) is 18.9 Å². The number of hydrogen-bond acceptors (Lipinski definition) is 5. The summed E-state index contributed by atoms with van der Waals surface area (Å²) >= 11 is 0. The first kappa shape index (κ1) is 13.5. The van der Waals surface area contributed by atoms with E-state index in [2.05, 4.69) is 0 Å². The maximum Gasteiger partial charge on any atom is 0.338 e. The number of hydrogen-bond donors (Lipinski definition) is 1. The molecule has 1 saturated heterocycles. The summed E-state index contributed by atoms with van der Waals surface area (Å²) in [4.78, 5) is 22.6. The van der Waals surface area contributed by atoms with E-state index in [1.54, 1.807) is 12.1 Å². The fourth-order valence-corrected chi connectivity index (χ4v) is 2.20. The van der Waals surface area contributed by atoms with Crippen LogP contribution in [0.3, 0.4) is 0 Å². The van der Waals surface area contributed by atoms with Crippen molar-refractivity contribution in [2.75, 3.05) is 13.7 Å². The maximum atomic E-state index is 11.6. The normalized spacial score (nSPS) is 21.5. The largest absolute Gasteiger partial charge is 0.465 e. The first-order chi connectivity index (χ1) is 9.17. The van der Waals surface area contributed by atoms with E-state index < -0.39 is 5.92 Å². The number of benzene rings is 1. The number of aryl methyl sites for hydroxylation is 1. The van der Waals surface area contributed by atoms with Crippen LogP contribution in [0.25, 0.3) is 0 Å². The van der Waals surface area contributed by atoms with Crippen LogP contribution in [0.5, 0.6) is 0 Å². The van der Waals surface area contributed by atoms with Gasteiger partial charge in [-0.3, -0.25) is 4.79 Å². The van der Waals surface area contributed by atoms with E-state index in [0.29, 0.717) is 18.4 Å². The Hall–Kier alpha value is -1.88. The highest BCUT2D eigenvalue weighted by Crippen LogP contribution is 2.26. The lowest BCUT2D eigenvalue weighted by Gasteiger charge is -2.33. The van der Waals surface area contributed by atoms with Crippen LogP contribution in [0.4, 0.5) is 0 Å². The molecule has 1 aliphatic heterocycles. The second-order valence-electron chi connectivity index (χ2n) is 4.45. The maximum absolute atomic E-state index is 11.6. The van der Waals surface area contributed by atoms with Crippen molar-refractivity contribution >= 4 is 11.9 Å². The van der Waals surface area contributed by atoms with E-state index >= 15 is 0 Å². The SMILES string of the molecule is COC(=O)c1ccccc1CC[C@@H]1OC(=O)[C@H]1CO. The standard InChI is InChI=1S/C14H16O5/c1-18-13(16)10-5-3-2-4-9(10)6-7-12-11(8-15)14(17)19-12/h2-5,11-12,15H,6-8H2,1H3/t11-,12-/m0/s1. The Morgan fingerprint density at radius 1 is 1.42 bits per heavy atom. The molecule has 0 bridgehead atoms. The van der Waals surface area contributed by atoms with E-state index in [1.807, 2.05) is 12.1 Å². The summed E-state index contributed by atoms with van der Waals surface area (Å²) in [5.41, 5.74) is 1.38. The van der Waals surface area contributed by atoms with Crippen LogP contribution in [0.1, 0.15) is 22.3 Å². The molecular formula is C14H16O5. The summed E-state index contributed by atoms with van der Waals surface area (Å²) in [6.45, 7) is -0.192. The smallest absolute Gasteiger partial charge is 0.338 e. The van der Waals surface area contributed by atoms with Crippen molar-refractivity contribution in [3.63, 3.8) is 0 Å². The number of rotatable bonds is 5. The molecule has 19 heavy (non-hydrogen) atoms. The Kier molecular flexibility index (Phi) is 4.16. The first-order valence-electron chi connectivity index (χ1n) is 6.15. The van der Waals surface area contributed by atoms with Gasteiger partial charge in [-0.15, -0.1) is 0 Å². The Bertz CT molecular complexity index is 482. The summed E-state index contributed by atoms with van der Waals surface area (Å²) in [6.07, 6.45) is 0.924. The molecule has 5 nitrogen and oxygen atoms in total. The molecular weight excluding hydrogens is 248 g/mol. The summed E-state index contributed by atoms with van der Waals surface area (Å²) < 4.78 is 9.70. The fraction of sp³-hybridized carbons (Fsp3) is 0.429. The van der Waals surface area contributed by atoms with Crippen molar-refractivity contribution in [1.82, 2.24) is 0 Å². The molecule has 0 aromatic heterocycles. The third-order valence-electron chi connectivity index (χ3n) is 3.34. The van der Waals surface area contributed by atoms with Gasteiger partial charge >= 0.3 is 11.9 Å². The molecule has 102 valence electrons. The minimum absolute atomic E-state index is 0.192. The topological polar surface area (TPSA) is 72.8 Å². The minimum Gasteiger partial charge on any atom is -0.465 e. The van der Waals surface area contributed by atoms with E-state index in [9.17, 15) is 9.59 Å². The van der Waals surface area contributed by atoms with E-state index in [1.165, 1.54) is 7.11 Å². The molecule has 0 radical (unpaired) electrons. The molecule has 2 atom stereocenters. The van der Waals surface area contributed by atoms with Gasteiger partial charge < -0.3 is 14.6 Å². The highest BCUT2D eigenvalue weighted by molar-refractivity contribution is 5.91. The summed E-state index contributed by atoms with van der Waals surface area (Å²) in [7, 11) is 1.34. The van der Waals surface area contributed by atoms with Crippen LogP contribution >= 0.6 is 0 Å². The zero-order valence-electron chi connectivity index (χ0n) is 10.7. The molecule has 0 amide bonds. The van der Waals surface area contributed by atoms with E-state index in [-0.39, 0.29) is 24.6 Å². The Morgan fingerprint density at radius 3 is 2.79 bits per heavy atom. The Labute approximate surface area is 111 Å². The van der Waals surface area contributed by atoms with Gasteiger partial charge in [0.1, 0.15) is 12.0 Å². The third kappa shape index (κ3) is 2.76. The fourth-order valence-electron chi connectivity index (χ4n) is 2.20. The summed E-state index contributed by atoms with van der Waals surface area (Å²) in [5.74, 6) is -1.15. The molecule has 2 rings (SSSR count). The van der Waals surface area contributed by atoms with Gasteiger partial charge in [-0.25, -0.2) is 4.79 Å². The predicted octanol–water partition coefficient (Wildman–Crippen LogP) is 0.940. The highest BCUT2D eigenvalue weighted by atomic mass is 16.6. The lowest BCUT2D eigenvalue weighted by molar-refractivity contribution is -0.188. The minimum atomic E-state index is -0.426. The number of methoxy groups -OCH3 is 1. The van der Waals surface area contributed by atoms with Crippen molar-refractivity contribution in [3.8, 4) is 0 Å². The number of aliphatic hydroxyl groups excluding tert-OH is 1. The second-order valence-corrected chi connectivity index (χ2v) is 4.45. The average Bonchev–Trinajstić information content (AvgIpc) is 2.43. The Morgan fingerprint density at radius 2 is 2.16 bits per heavy atom. The number of aliphatic hydroxyl groups is 1. The molecule has 1 aromatic rings. The summed E-state index contributed by atoms with van der Waals surface area (Å²) in [6, 6.07) is 7.17. The quantitative estimate of drug-likeness (QED) is 0.801. The van der Waals surface area contributed by atoms with Crippen LogP contribution in [-0.2, 0) is 20.7 Å². The highest BCUT2D eigenvalue weighted by Gasteiger charge is 2.41. The molecule has 0 aliphatic carbocycles. The van der Waals surface area contributed by atoms with Crippen molar-refractivity contribution in [2.24, 2.45) is 5.92 Å². The third-order valence-corrected chi connectivity index (χ3v) is 3.34. The molecule has 1 aliphatic rings. The number of cyclic esters (lactones) is 1. The van der Waals surface area contributed by atoms with Gasteiger partial charge in [0.15, 0.2) is 0 Å². The number of carbonyl (C=O) groups is 2. The van der Waals surface area contributed by atoms with Crippen molar-refractivity contribution in [3.05, 3.63) is 35.4 Å². The molecule has 1 aromatic carbocycles. The van der Waals surface area contributed by atoms with Crippen molar-refractivity contribution in [1.29, 1.82) is 0 Å². The van der Waals surface area contributed by atoms with E-state index in [4.69, 9.17) is 14.6 Å². The predicted molar refractivity (Wildman–Crippen MR) is 66.6 cm³/mol. The zero-order chi connectivity index (χ0) is 13.8. The lowest BCUT2D eigenvalue weighted by Crippen LogP contribution is -2.47. The van der Waals surface area contributed by atoms with Gasteiger partial charge in [-0.05, 0) is 24.5 Å². The van der Waals surface area contributed by atoms with Gasteiger partial charge in [-0.1, -0.05) is 18.2 Å². The van der Waals surface area contributed by atoms with Gasteiger partial charge in [0.05, 0.1) is 19.3 Å². The van der Waals surface area contributed by atoms with Crippen LogP contribution in [-0.4, -0.2) is 36.9 Å². The van der Waals surface area contributed by atoms with Gasteiger partial charge in [0.25, 0.3) is 0 Å². The van der Waals surface area contributed by atoms with Crippen LogP contribution in [0, 0.1) is 5.92 Å². The van der Waals surface area contributed by atoms with Crippen LogP contribution in [0.15, 0.2) is 24.3 Å². The van der Waals surface area contributed by atoms with Crippen LogP contribution < -0.4 is 0 Å². The van der Waals surface area contributed by atoms with Gasteiger partial charge in [-0.2, -0.15) is 0 Å². The molecule has 0 saturated carbocycles. The zero-order valence-corrected chi connectivity index (χ0v) is 10.7. The molecule has 0 spiro atoms. The molecule has 0 unspecified atom stereocenters. The average molecular weight is 264 g/mol.